The van der Waals surface area contributed by atoms with E-state index in [-0.39, 0.29) is 5.54 Å². The number of aryl methyl sites for hydroxylation is 1. The summed E-state index contributed by atoms with van der Waals surface area (Å²) in [4.78, 5) is 8.70. The predicted molar refractivity (Wildman–Crippen MR) is 88.7 cm³/mol. The van der Waals surface area contributed by atoms with Crippen LogP contribution in [0.2, 0.25) is 0 Å². The van der Waals surface area contributed by atoms with Crippen LogP contribution in [0.25, 0.3) is 0 Å². The van der Waals surface area contributed by atoms with Crippen molar-refractivity contribution in [3.63, 3.8) is 0 Å². The molecular weight excluding hydrogens is 266 g/mol. The van der Waals surface area contributed by atoms with Gasteiger partial charge in [-0.2, -0.15) is 0 Å². The van der Waals surface area contributed by atoms with Gasteiger partial charge in [-0.1, -0.05) is 19.3 Å². The van der Waals surface area contributed by atoms with Gasteiger partial charge >= 0.3 is 0 Å². The lowest BCUT2D eigenvalue weighted by atomic mass is 10.1. The zero-order valence-corrected chi connectivity index (χ0v) is 14.3. The van der Waals surface area contributed by atoms with Gasteiger partial charge in [0.15, 0.2) is 5.13 Å². The third kappa shape index (κ3) is 4.74. The number of hydrogen-bond acceptors (Lipinski definition) is 4. The van der Waals surface area contributed by atoms with Gasteiger partial charge in [-0.3, -0.25) is 0 Å². The fraction of sp³-hybridized carbons (Fsp3) is 0.812. The summed E-state index contributed by atoms with van der Waals surface area (Å²) in [6, 6.07) is 0. The minimum absolute atomic E-state index is 0.164. The van der Waals surface area contributed by atoms with Crippen molar-refractivity contribution in [2.75, 3.05) is 18.0 Å². The number of nitrogens with zero attached hydrogens (tertiary/aromatic N) is 2. The van der Waals surface area contributed by atoms with E-state index in [1.807, 2.05) is 11.3 Å². The molecule has 4 heteroatoms. The third-order valence-electron chi connectivity index (χ3n) is 3.79. The molecule has 1 N–H and O–H groups in total. The normalized spacial score (nSPS) is 17.9. The van der Waals surface area contributed by atoms with Crippen molar-refractivity contribution in [2.24, 2.45) is 0 Å². The van der Waals surface area contributed by atoms with Crippen molar-refractivity contribution >= 4 is 16.5 Å². The molecule has 0 bridgehead atoms. The first-order valence-corrected chi connectivity index (χ1v) is 8.74. The second-order valence-corrected chi connectivity index (χ2v) is 7.93. The summed E-state index contributed by atoms with van der Waals surface area (Å²) >= 11 is 1.88. The Kier molecular flexibility index (Phi) is 5.44. The number of hydrogen-bond donors (Lipinski definition) is 1. The predicted octanol–water partition coefficient (Wildman–Crippen LogP) is 4.11. The smallest absolute Gasteiger partial charge is 0.185 e. The first-order valence-electron chi connectivity index (χ1n) is 7.92. The minimum Gasteiger partial charge on any atom is -0.348 e. The van der Waals surface area contributed by atoms with Crippen LogP contribution in [0.15, 0.2) is 0 Å². The fourth-order valence-corrected chi connectivity index (χ4v) is 3.55. The van der Waals surface area contributed by atoms with Gasteiger partial charge in [-0.25, -0.2) is 4.98 Å². The maximum absolute atomic E-state index is 4.81. The molecular formula is C16H29N3S. The second kappa shape index (κ2) is 6.90. The van der Waals surface area contributed by atoms with Crippen LogP contribution in [0.5, 0.6) is 0 Å². The SMILES string of the molecule is Cc1nc(N2CCCCCCC2)sc1CNC(C)(C)C. The maximum atomic E-state index is 4.81. The zero-order chi connectivity index (χ0) is 14.6. The molecule has 114 valence electrons. The summed E-state index contributed by atoms with van der Waals surface area (Å²) in [5, 5.41) is 4.80. The highest BCUT2D eigenvalue weighted by Gasteiger charge is 2.16. The molecule has 0 spiro atoms. The molecule has 1 aliphatic heterocycles. The molecule has 1 fully saturated rings. The summed E-state index contributed by atoms with van der Waals surface area (Å²) in [6.07, 6.45) is 6.78. The molecule has 1 saturated heterocycles. The van der Waals surface area contributed by atoms with Crippen LogP contribution < -0.4 is 10.2 Å². The first kappa shape index (κ1) is 15.8. The van der Waals surface area contributed by atoms with Crippen LogP contribution >= 0.6 is 11.3 Å². The lowest BCUT2D eigenvalue weighted by Gasteiger charge is -2.24. The molecule has 0 aromatic carbocycles. The summed E-state index contributed by atoms with van der Waals surface area (Å²) < 4.78 is 0. The van der Waals surface area contributed by atoms with E-state index in [4.69, 9.17) is 4.98 Å². The number of thiazole rings is 1. The maximum Gasteiger partial charge on any atom is 0.185 e. The van der Waals surface area contributed by atoms with E-state index < -0.39 is 0 Å². The van der Waals surface area contributed by atoms with E-state index in [1.54, 1.807) is 0 Å². The number of nitrogens with one attached hydrogen (secondary N) is 1. The van der Waals surface area contributed by atoms with Crippen LogP contribution in [-0.2, 0) is 6.54 Å². The number of aromatic nitrogens is 1. The molecule has 2 heterocycles. The topological polar surface area (TPSA) is 28.2 Å². The van der Waals surface area contributed by atoms with E-state index in [0.717, 1.165) is 6.54 Å². The highest BCUT2D eigenvalue weighted by Crippen LogP contribution is 2.28. The summed E-state index contributed by atoms with van der Waals surface area (Å²) in [5.41, 5.74) is 1.36. The Morgan fingerprint density at radius 2 is 1.70 bits per heavy atom. The molecule has 0 aliphatic carbocycles. The van der Waals surface area contributed by atoms with E-state index >= 15 is 0 Å². The summed E-state index contributed by atoms with van der Waals surface area (Å²) in [5.74, 6) is 0. The van der Waals surface area contributed by atoms with Crippen molar-refractivity contribution in [1.82, 2.24) is 10.3 Å². The van der Waals surface area contributed by atoms with Gasteiger partial charge in [0.05, 0.1) is 5.69 Å². The molecule has 0 unspecified atom stereocenters. The van der Waals surface area contributed by atoms with Crippen LogP contribution in [0.4, 0.5) is 5.13 Å². The Bertz CT molecular complexity index is 412. The van der Waals surface area contributed by atoms with Crippen LogP contribution in [0, 0.1) is 6.92 Å². The lowest BCUT2D eigenvalue weighted by molar-refractivity contribution is 0.425. The van der Waals surface area contributed by atoms with E-state index in [9.17, 15) is 0 Å². The van der Waals surface area contributed by atoms with Gasteiger partial charge in [-0.05, 0) is 40.5 Å². The number of anilines is 1. The van der Waals surface area contributed by atoms with Gasteiger partial charge in [-0.15, -0.1) is 11.3 Å². The van der Waals surface area contributed by atoms with E-state index in [2.05, 4.69) is 37.9 Å². The Balaban J connectivity index is 2.01. The molecule has 3 nitrogen and oxygen atoms in total. The highest BCUT2D eigenvalue weighted by atomic mass is 32.1. The Hall–Kier alpha value is -0.610. The van der Waals surface area contributed by atoms with Gasteiger partial charge in [0.25, 0.3) is 0 Å². The van der Waals surface area contributed by atoms with Crippen molar-refractivity contribution in [3.8, 4) is 0 Å². The second-order valence-electron chi connectivity index (χ2n) is 6.86. The largest absolute Gasteiger partial charge is 0.348 e. The molecule has 1 aromatic heterocycles. The summed E-state index contributed by atoms with van der Waals surface area (Å²) in [6.45, 7) is 12.1. The van der Waals surface area contributed by atoms with Gasteiger partial charge in [0, 0.05) is 30.1 Å². The number of rotatable bonds is 3. The summed E-state index contributed by atoms with van der Waals surface area (Å²) in [7, 11) is 0. The van der Waals surface area contributed by atoms with E-state index in [0.29, 0.717) is 0 Å². The molecule has 2 rings (SSSR count). The van der Waals surface area contributed by atoms with Crippen molar-refractivity contribution in [1.29, 1.82) is 0 Å². The molecule has 0 atom stereocenters. The van der Waals surface area contributed by atoms with Crippen molar-refractivity contribution in [2.45, 2.75) is 71.9 Å². The molecule has 0 saturated carbocycles. The van der Waals surface area contributed by atoms with Crippen molar-refractivity contribution < 1.29 is 0 Å². The van der Waals surface area contributed by atoms with Gasteiger partial charge in [0.1, 0.15) is 0 Å². The standard InChI is InChI=1S/C16H29N3S/c1-13-14(12-17-16(2,3)4)20-15(18-13)19-10-8-6-5-7-9-11-19/h17H,5-12H2,1-4H3. The van der Waals surface area contributed by atoms with Gasteiger partial charge in [0.2, 0.25) is 0 Å². The molecule has 0 radical (unpaired) electrons. The third-order valence-corrected chi connectivity index (χ3v) is 5.01. The minimum atomic E-state index is 0.164. The van der Waals surface area contributed by atoms with Crippen LogP contribution in [0.3, 0.4) is 0 Å². The van der Waals surface area contributed by atoms with E-state index in [1.165, 1.54) is 60.9 Å². The Morgan fingerprint density at radius 3 is 2.30 bits per heavy atom. The monoisotopic (exact) mass is 295 g/mol. The van der Waals surface area contributed by atoms with Crippen LogP contribution in [-0.4, -0.2) is 23.6 Å². The molecule has 1 aliphatic rings. The molecule has 0 amide bonds. The zero-order valence-electron chi connectivity index (χ0n) is 13.5. The van der Waals surface area contributed by atoms with Crippen LogP contribution in [0.1, 0.15) is 63.4 Å². The highest BCUT2D eigenvalue weighted by molar-refractivity contribution is 7.15. The average molecular weight is 295 g/mol. The molecule has 1 aromatic rings. The molecule has 20 heavy (non-hydrogen) atoms. The lowest BCUT2D eigenvalue weighted by Crippen LogP contribution is -2.34. The fourth-order valence-electron chi connectivity index (χ4n) is 2.50. The average Bonchev–Trinajstić information content (AvgIpc) is 2.66. The Labute approximate surface area is 127 Å². The van der Waals surface area contributed by atoms with Crippen molar-refractivity contribution in [3.05, 3.63) is 10.6 Å². The first-order chi connectivity index (χ1) is 9.46. The quantitative estimate of drug-likeness (QED) is 0.909. The van der Waals surface area contributed by atoms with Gasteiger partial charge < -0.3 is 10.2 Å². The Morgan fingerprint density at radius 1 is 1.10 bits per heavy atom.